The third-order valence-electron chi connectivity index (χ3n) is 3.28. The minimum Gasteiger partial charge on any atom is -0.381 e. The Morgan fingerprint density at radius 3 is 2.53 bits per heavy atom. The van der Waals surface area contributed by atoms with Crippen LogP contribution < -0.4 is 5.73 Å². The number of hydrogen-bond donors (Lipinski definition) is 1. The zero-order valence-corrected chi connectivity index (χ0v) is 11.4. The fraction of sp³-hybridized carbons (Fsp3) is 0.923. The highest BCUT2D eigenvalue weighted by Crippen LogP contribution is 2.16. The van der Waals surface area contributed by atoms with Crippen LogP contribution in [0, 0.1) is 5.92 Å². The summed E-state index contributed by atoms with van der Waals surface area (Å²) in [5.74, 6) is 0.804. The number of amides is 1. The van der Waals surface area contributed by atoms with Crippen molar-refractivity contribution in [2.24, 2.45) is 11.7 Å². The summed E-state index contributed by atoms with van der Waals surface area (Å²) in [6.45, 7) is 6.44. The van der Waals surface area contributed by atoms with Crippen molar-refractivity contribution in [2.75, 3.05) is 26.8 Å². The molecule has 4 heteroatoms. The molecular weight excluding hydrogens is 216 g/mol. The maximum Gasteiger partial charge on any atom is 0.222 e. The van der Waals surface area contributed by atoms with E-state index in [1.165, 1.54) is 0 Å². The fourth-order valence-corrected chi connectivity index (χ4v) is 2.04. The van der Waals surface area contributed by atoms with E-state index in [1.54, 1.807) is 0 Å². The molecule has 1 aliphatic rings. The molecule has 0 atom stereocenters. The zero-order valence-electron chi connectivity index (χ0n) is 11.4. The monoisotopic (exact) mass is 242 g/mol. The Balaban J connectivity index is 2.26. The second kappa shape index (κ2) is 6.36. The van der Waals surface area contributed by atoms with E-state index in [4.69, 9.17) is 10.5 Å². The van der Waals surface area contributed by atoms with Crippen LogP contribution >= 0.6 is 0 Å². The predicted molar refractivity (Wildman–Crippen MR) is 68.7 cm³/mol. The van der Waals surface area contributed by atoms with Gasteiger partial charge in [-0.3, -0.25) is 4.79 Å². The summed E-state index contributed by atoms with van der Waals surface area (Å²) in [6, 6.07) is 0. The molecule has 1 aliphatic heterocycles. The highest BCUT2D eigenvalue weighted by atomic mass is 16.5. The van der Waals surface area contributed by atoms with Gasteiger partial charge in [0.15, 0.2) is 0 Å². The van der Waals surface area contributed by atoms with Crippen molar-refractivity contribution in [3.05, 3.63) is 0 Å². The van der Waals surface area contributed by atoms with E-state index >= 15 is 0 Å². The van der Waals surface area contributed by atoms with Crippen LogP contribution in [0.1, 0.15) is 39.5 Å². The molecule has 1 saturated heterocycles. The second-order valence-corrected chi connectivity index (χ2v) is 5.82. The molecule has 1 fully saturated rings. The number of rotatable bonds is 5. The topological polar surface area (TPSA) is 55.6 Å². The first-order chi connectivity index (χ1) is 7.88. The van der Waals surface area contributed by atoms with Crippen LogP contribution in [0.15, 0.2) is 0 Å². The first-order valence-corrected chi connectivity index (χ1v) is 6.49. The van der Waals surface area contributed by atoms with Gasteiger partial charge in [0.05, 0.1) is 0 Å². The lowest BCUT2D eigenvalue weighted by molar-refractivity contribution is -0.131. The highest BCUT2D eigenvalue weighted by Gasteiger charge is 2.20. The fourth-order valence-electron chi connectivity index (χ4n) is 2.04. The van der Waals surface area contributed by atoms with E-state index in [1.807, 2.05) is 25.8 Å². The molecule has 0 aliphatic carbocycles. The van der Waals surface area contributed by atoms with Crippen molar-refractivity contribution >= 4 is 5.91 Å². The standard InChI is InChI=1S/C13H26N2O2/c1-13(2,14)7-4-12(16)15(3)10-11-5-8-17-9-6-11/h11H,4-10,14H2,1-3H3. The molecule has 0 aromatic heterocycles. The molecule has 1 rings (SSSR count). The Labute approximate surface area is 104 Å². The molecule has 1 heterocycles. The van der Waals surface area contributed by atoms with Gasteiger partial charge in [0.1, 0.15) is 0 Å². The molecule has 4 nitrogen and oxygen atoms in total. The highest BCUT2D eigenvalue weighted by molar-refractivity contribution is 5.75. The van der Waals surface area contributed by atoms with Gasteiger partial charge in [-0.25, -0.2) is 0 Å². The average Bonchev–Trinajstić information content (AvgIpc) is 2.26. The van der Waals surface area contributed by atoms with Crippen molar-refractivity contribution in [1.82, 2.24) is 4.90 Å². The molecule has 0 aromatic carbocycles. The average molecular weight is 242 g/mol. The Hall–Kier alpha value is -0.610. The lowest BCUT2D eigenvalue weighted by Crippen LogP contribution is -2.37. The molecule has 0 aromatic rings. The molecule has 0 saturated carbocycles. The second-order valence-electron chi connectivity index (χ2n) is 5.82. The first kappa shape index (κ1) is 14.5. The van der Waals surface area contributed by atoms with Gasteiger partial charge in [-0.15, -0.1) is 0 Å². The first-order valence-electron chi connectivity index (χ1n) is 6.49. The number of nitrogens with two attached hydrogens (primary N) is 1. The van der Waals surface area contributed by atoms with Gasteiger partial charge in [0.2, 0.25) is 5.91 Å². The minimum atomic E-state index is -0.255. The Kier molecular flexibility index (Phi) is 5.40. The van der Waals surface area contributed by atoms with Gasteiger partial charge in [0.25, 0.3) is 0 Å². The van der Waals surface area contributed by atoms with Crippen LogP contribution in [0.2, 0.25) is 0 Å². The van der Waals surface area contributed by atoms with E-state index in [9.17, 15) is 4.79 Å². The van der Waals surface area contributed by atoms with Crippen molar-refractivity contribution in [3.8, 4) is 0 Å². The molecule has 0 unspecified atom stereocenters. The number of hydrogen-bond acceptors (Lipinski definition) is 3. The predicted octanol–water partition coefficient (Wildman–Crippen LogP) is 1.39. The minimum absolute atomic E-state index is 0.204. The van der Waals surface area contributed by atoms with E-state index < -0.39 is 0 Å². The van der Waals surface area contributed by atoms with Crippen LogP contribution in [-0.2, 0) is 9.53 Å². The molecular formula is C13H26N2O2. The van der Waals surface area contributed by atoms with Gasteiger partial charge >= 0.3 is 0 Å². The summed E-state index contributed by atoms with van der Waals surface area (Å²) in [6.07, 6.45) is 3.42. The smallest absolute Gasteiger partial charge is 0.222 e. The molecule has 17 heavy (non-hydrogen) atoms. The van der Waals surface area contributed by atoms with Crippen LogP contribution in [0.3, 0.4) is 0 Å². The third kappa shape index (κ3) is 6.03. The van der Waals surface area contributed by atoms with Crippen LogP contribution in [0.5, 0.6) is 0 Å². The van der Waals surface area contributed by atoms with E-state index in [0.29, 0.717) is 12.3 Å². The van der Waals surface area contributed by atoms with Crippen LogP contribution in [0.4, 0.5) is 0 Å². The SMILES string of the molecule is CN(CC1CCOCC1)C(=O)CCC(C)(C)N. The number of nitrogens with zero attached hydrogens (tertiary/aromatic N) is 1. The molecule has 0 radical (unpaired) electrons. The number of ether oxygens (including phenoxy) is 1. The van der Waals surface area contributed by atoms with Gasteiger partial charge in [-0.1, -0.05) is 0 Å². The van der Waals surface area contributed by atoms with Gasteiger partial charge in [-0.2, -0.15) is 0 Å². The van der Waals surface area contributed by atoms with Crippen molar-refractivity contribution in [3.63, 3.8) is 0 Å². The summed E-state index contributed by atoms with van der Waals surface area (Å²) in [7, 11) is 1.89. The molecule has 100 valence electrons. The van der Waals surface area contributed by atoms with E-state index in [-0.39, 0.29) is 11.4 Å². The normalized spacial score (nSPS) is 18.1. The van der Waals surface area contributed by atoms with Crippen molar-refractivity contribution in [2.45, 2.75) is 45.1 Å². The van der Waals surface area contributed by atoms with Crippen molar-refractivity contribution < 1.29 is 9.53 Å². The summed E-state index contributed by atoms with van der Waals surface area (Å²) < 4.78 is 5.31. The van der Waals surface area contributed by atoms with E-state index in [2.05, 4.69) is 0 Å². The molecule has 0 bridgehead atoms. The van der Waals surface area contributed by atoms with Crippen LogP contribution in [-0.4, -0.2) is 43.2 Å². The van der Waals surface area contributed by atoms with Crippen molar-refractivity contribution in [1.29, 1.82) is 0 Å². The zero-order chi connectivity index (χ0) is 12.9. The summed E-state index contributed by atoms with van der Waals surface area (Å²) in [5.41, 5.74) is 5.63. The largest absolute Gasteiger partial charge is 0.381 e. The third-order valence-corrected chi connectivity index (χ3v) is 3.28. The summed E-state index contributed by atoms with van der Waals surface area (Å²) >= 11 is 0. The number of carbonyl (C=O) groups is 1. The Morgan fingerprint density at radius 2 is 2.00 bits per heavy atom. The quantitative estimate of drug-likeness (QED) is 0.792. The lowest BCUT2D eigenvalue weighted by Gasteiger charge is -2.28. The number of carbonyl (C=O) groups excluding carboxylic acids is 1. The summed E-state index contributed by atoms with van der Waals surface area (Å²) in [4.78, 5) is 13.8. The molecule has 0 spiro atoms. The Bertz CT molecular complexity index is 242. The van der Waals surface area contributed by atoms with Gasteiger partial charge < -0.3 is 15.4 Å². The maximum atomic E-state index is 11.9. The maximum absolute atomic E-state index is 11.9. The Morgan fingerprint density at radius 1 is 1.41 bits per heavy atom. The molecule has 1 amide bonds. The molecule has 2 N–H and O–H groups in total. The van der Waals surface area contributed by atoms with E-state index in [0.717, 1.165) is 39.0 Å². The van der Waals surface area contributed by atoms with Gasteiger partial charge in [0, 0.05) is 38.8 Å². The lowest BCUT2D eigenvalue weighted by atomic mass is 9.98. The van der Waals surface area contributed by atoms with Crippen LogP contribution in [0.25, 0.3) is 0 Å². The summed E-state index contributed by atoms with van der Waals surface area (Å²) in [5, 5.41) is 0. The van der Waals surface area contributed by atoms with Gasteiger partial charge in [-0.05, 0) is 39.0 Å².